The van der Waals surface area contributed by atoms with Crippen molar-refractivity contribution in [2.75, 3.05) is 6.54 Å². The minimum atomic E-state index is 0.712. The van der Waals surface area contributed by atoms with Gasteiger partial charge in [-0.05, 0) is 13.3 Å². The molecular weight excluding hydrogens is 134 g/mol. The molecule has 0 N–H and O–H groups in total. The smallest absolute Gasteiger partial charge is 0.0541 e. The molecule has 1 nitrogen and oxygen atoms in total. The van der Waals surface area contributed by atoms with Gasteiger partial charge in [0.05, 0.1) is 5.03 Å². The van der Waals surface area contributed by atoms with Crippen molar-refractivity contribution in [3.05, 3.63) is 11.1 Å². The highest BCUT2D eigenvalue weighted by Gasteiger charge is 1.78. The molecule has 0 aliphatic heterocycles. The Labute approximate surface area is 61.4 Å². The lowest BCUT2D eigenvalue weighted by Crippen LogP contribution is -1.77. The SMILES string of the molecule is C/C=C(/Cl)C=NCCC. The van der Waals surface area contributed by atoms with E-state index in [9.17, 15) is 0 Å². The quantitative estimate of drug-likeness (QED) is 0.542. The maximum atomic E-state index is 5.61. The predicted octanol–water partition coefficient (Wildman–Crippen LogP) is 2.61. The third kappa shape index (κ3) is 5.57. The first-order chi connectivity index (χ1) is 4.31. The second kappa shape index (κ2) is 5.83. The Morgan fingerprint density at radius 3 is 2.78 bits per heavy atom. The van der Waals surface area contributed by atoms with E-state index in [1.165, 1.54) is 0 Å². The van der Waals surface area contributed by atoms with Crippen LogP contribution in [0.15, 0.2) is 16.1 Å². The van der Waals surface area contributed by atoms with Crippen LogP contribution >= 0.6 is 11.6 Å². The van der Waals surface area contributed by atoms with Crippen molar-refractivity contribution in [1.82, 2.24) is 0 Å². The number of hydrogen-bond acceptors (Lipinski definition) is 1. The third-order valence-corrected chi connectivity index (χ3v) is 1.16. The van der Waals surface area contributed by atoms with Crippen LogP contribution in [-0.2, 0) is 0 Å². The zero-order valence-corrected chi connectivity index (χ0v) is 6.65. The lowest BCUT2D eigenvalue weighted by molar-refractivity contribution is 0.937. The molecule has 0 atom stereocenters. The van der Waals surface area contributed by atoms with Gasteiger partial charge in [-0.3, -0.25) is 4.99 Å². The van der Waals surface area contributed by atoms with Crippen LogP contribution in [-0.4, -0.2) is 12.8 Å². The highest BCUT2D eigenvalue weighted by Crippen LogP contribution is 1.94. The monoisotopic (exact) mass is 145 g/mol. The normalized spacial score (nSPS) is 13.0. The number of rotatable bonds is 3. The van der Waals surface area contributed by atoms with Gasteiger partial charge in [-0.2, -0.15) is 0 Å². The Kier molecular flexibility index (Phi) is 5.64. The molecule has 0 rings (SSSR count). The van der Waals surface area contributed by atoms with Crippen molar-refractivity contribution in [3.63, 3.8) is 0 Å². The average Bonchev–Trinajstić information content (AvgIpc) is 1.89. The van der Waals surface area contributed by atoms with Gasteiger partial charge in [-0.15, -0.1) is 0 Å². The van der Waals surface area contributed by atoms with Crippen molar-refractivity contribution in [2.24, 2.45) is 4.99 Å². The molecule has 0 fully saturated rings. The van der Waals surface area contributed by atoms with Crippen LogP contribution in [0.5, 0.6) is 0 Å². The Morgan fingerprint density at radius 1 is 1.67 bits per heavy atom. The van der Waals surface area contributed by atoms with Crippen molar-refractivity contribution in [3.8, 4) is 0 Å². The van der Waals surface area contributed by atoms with Crippen LogP contribution < -0.4 is 0 Å². The fraction of sp³-hybridized carbons (Fsp3) is 0.571. The molecule has 0 amide bonds. The second-order valence-corrected chi connectivity index (χ2v) is 2.15. The summed E-state index contributed by atoms with van der Waals surface area (Å²) in [7, 11) is 0. The van der Waals surface area contributed by atoms with Crippen LogP contribution in [0.25, 0.3) is 0 Å². The van der Waals surface area contributed by atoms with Gasteiger partial charge in [-0.1, -0.05) is 24.6 Å². The maximum Gasteiger partial charge on any atom is 0.0541 e. The average molecular weight is 146 g/mol. The number of nitrogens with zero attached hydrogens (tertiary/aromatic N) is 1. The summed E-state index contributed by atoms with van der Waals surface area (Å²) < 4.78 is 0. The van der Waals surface area contributed by atoms with E-state index in [0.29, 0.717) is 5.03 Å². The minimum Gasteiger partial charge on any atom is -0.292 e. The minimum absolute atomic E-state index is 0.712. The largest absolute Gasteiger partial charge is 0.292 e. The zero-order valence-electron chi connectivity index (χ0n) is 5.89. The summed E-state index contributed by atoms with van der Waals surface area (Å²) in [5.74, 6) is 0. The van der Waals surface area contributed by atoms with E-state index in [1.807, 2.05) is 13.0 Å². The number of allylic oxidation sites excluding steroid dienone is 2. The van der Waals surface area contributed by atoms with Crippen molar-refractivity contribution in [1.29, 1.82) is 0 Å². The fourth-order valence-corrected chi connectivity index (χ4v) is 0.424. The molecule has 0 unspecified atom stereocenters. The summed E-state index contributed by atoms with van der Waals surface area (Å²) in [4.78, 5) is 4.04. The molecule has 0 spiro atoms. The fourth-order valence-electron chi connectivity index (χ4n) is 0.355. The summed E-state index contributed by atoms with van der Waals surface area (Å²) in [5.41, 5.74) is 0. The van der Waals surface area contributed by atoms with Gasteiger partial charge in [0, 0.05) is 12.8 Å². The molecule has 0 aromatic rings. The van der Waals surface area contributed by atoms with E-state index in [1.54, 1.807) is 6.21 Å². The second-order valence-electron chi connectivity index (χ2n) is 1.71. The highest BCUT2D eigenvalue weighted by molar-refractivity contribution is 6.39. The van der Waals surface area contributed by atoms with E-state index in [4.69, 9.17) is 11.6 Å². The molecule has 2 heteroatoms. The molecule has 0 aromatic heterocycles. The first-order valence-corrected chi connectivity index (χ1v) is 3.50. The molecular formula is C7H12ClN. The van der Waals surface area contributed by atoms with Crippen LogP contribution in [0.4, 0.5) is 0 Å². The van der Waals surface area contributed by atoms with Crippen molar-refractivity contribution in [2.45, 2.75) is 20.3 Å². The molecule has 0 aliphatic carbocycles. The molecule has 0 bridgehead atoms. The van der Waals surface area contributed by atoms with Gasteiger partial charge in [0.2, 0.25) is 0 Å². The molecule has 0 radical (unpaired) electrons. The first kappa shape index (κ1) is 8.70. The summed E-state index contributed by atoms with van der Waals surface area (Å²) in [6, 6.07) is 0. The van der Waals surface area contributed by atoms with Crippen LogP contribution in [0, 0.1) is 0 Å². The lowest BCUT2D eigenvalue weighted by atomic mass is 10.5. The summed E-state index contributed by atoms with van der Waals surface area (Å²) in [6.45, 7) is 4.84. The lowest BCUT2D eigenvalue weighted by Gasteiger charge is -1.84. The molecule has 0 aromatic carbocycles. The Morgan fingerprint density at radius 2 is 2.33 bits per heavy atom. The van der Waals surface area contributed by atoms with Gasteiger partial charge in [0.25, 0.3) is 0 Å². The molecule has 52 valence electrons. The molecule has 0 aliphatic rings. The van der Waals surface area contributed by atoms with Gasteiger partial charge in [0.15, 0.2) is 0 Å². The maximum absolute atomic E-state index is 5.61. The van der Waals surface area contributed by atoms with Crippen LogP contribution in [0.2, 0.25) is 0 Å². The van der Waals surface area contributed by atoms with Crippen LogP contribution in [0.1, 0.15) is 20.3 Å². The molecule has 9 heavy (non-hydrogen) atoms. The van der Waals surface area contributed by atoms with E-state index in [-0.39, 0.29) is 0 Å². The molecule has 0 saturated heterocycles. The summed E-state index contributed by atoms with van der Waals surface area (Å²) >= 11 is 5.61. The van der Waals surface area contributed by atoms with E-state index < -0.39 is 0 Å². The highest BCUT2D eigenvalue weighted by atomic mass is 35.5. The zero-order chi connectivity index (χ0) is 7.11. The molecule has 0 saturated carbocycles. The number of aliphatic imine (C=N–C) groups is 1. The van der Waals surface area contributed by atoms with Crippen LogP contribution in [0.3, 0.4) is 0 Å². The first-order valence-electron chi connectivity index (χ1n) is 3.13. The van der Waals surface area contributed by atoms with Gasteiger partial charge in [0.1, 0.15) is 0 Å². The summed E-state index contributed by atoms with van der Waals surface area (Å²) in [6.07, 6.45) is 4.58. The molecule has 0 heterocycles. The van der Waals surface area contributed by atoms with E-state index in [0.717, 1.165) is 13.0 Å². The van der Waals surface area contributed by atoms with Gasteiger partial charge in [-0.25, -0.2) is 0 Å². The Hall–Kier alpha value is -0.300. The van der Waals surface area contributed by atoms with E-state index >= 15 is 0 Å². The predicted molar refractivity (Wildman–Crippen MR) is 43.3 cm³/mol. The van der Waals surface area contributed by atoms with Crippen molar-refractivity contribution < 1.29 is 0 Å². The Bertz CT molecular complexity index is 116. The number of halogens is 1. The standard InChI is InChI=1S/C7H12ClN/c1-3-5-9-6-7(8)4-2/h4,6H,3,5H2,1-2H3/b7-4+,9-6?. The number of hydrogen-bond donors (Lipinski definition) is 0. The summed E-state index contributed by atoms with van der Waals surface area (Å²) in [5, 5.41) is 0.712. The van der Waals surface area contributed by atoms with Gasteiger partial charge < -0.3 is 0 Å². The Balaban J connectivity index is 3.45. The van der Waals surface area contributed by atoms with Crippen molar-refractivity contribution >= 4 is 17.8 Å². The van der Waals surface area contributed by atoms with Gasteiger partial charge >= 0.3 is 0 Å². The topological polar surface area (TPSA) is 12.4 Å². The van der Waals surface area contributed by atoms with E-state index in [2.05, 4.69) is 11.9 Å². The third-order valence-electron chi connectivity index (χ3n) is 0.843.